The molecule has 1 N–H and O–H groups in total. The Morgan fingerprint density at radius 2 is 1.44 bits per heavy atom. The van der Waals surface area contributed by atoms with Crippen LogP contribution in [-0.4, -0.2) is 120 Å². The van der Waals surface area contributed by atoms with E-state index in [2.05, 4.69) is 20.8 Å². The van der Waals surface area contributed by atoms with Crippen molar-refractivity contribution in [2.45, 2.75) is 193 Å². The minimum absolute atomic E-state index is 0.0909. The summed E-state index contributed by atoms with van der Waals surface area (Å²) >= 11 is 0. The van der Waals surface area contributed by atoms with Gasteiger partial charge in [-0.25, -0.2) is 14.4 Å². The molecule has 2 saturated carbocycles. The van der Waals surface area contributed by atoms with Crippen LogP contribution >= 0.6 is 0 Å². The first-order chi connectivity index (χ1) is 33.1. The van der Waals surface area contributed by atoms with Gasteiger partial charge in [0.05, 0.1) is 29.6 Å². The van der Waals surface area contributed by atoms with Crippen LogP contribution in [0.2, 0.25) is 18.1 Å². The minimum Gasteiger partial charge on any atom is -0.456 e. The zero-order valence-electron chi connectivity index (χ0n) is 43.7. The van der Waals surface area contributed by atoms with Gasteiger partial charge in [0.25, 0.3) is 0 Å². The number of esters is 4. The van der Waals surface area contributed by atoms with Gasteiger partial charge in [-0.05, 0) is 95.4 Å². The molecule has 0 aromatic heterocycles. The molecular weight excluding hydrogens is 931 g/mol. The first-order valence-electron chi connectivity index (χ1n) is 24.9. The van der Waals surface area contributed by atoms with E-state index in [1.165, 1.54) is 18.7 Å². The molecular formula is C54H73NO15Si. The van der Waals surface area contributed by atoms with E-state index in [-0.39, 0.29) is 24.2 Å². The Morgan fingerprint density at radius 3 is 1.96 bits per heavy atom. The molecule has 388 valence electrons. The Hall–Kier alpha value is -4.94. The number of ether oxygens (including phenoxy) is 7. The van der Waals surface area contributed by atoms with E-state index in [9.17, 15) is 24.3 Å². The normalized spacial score (nSPS) is 33.0. The van der Waals surface area contributed by atoms with Crippen molar-refractivity contribution in [3.05, 3.63) is 82.9 Å². The molecule has 17 heteroatoms. The summed E-state index contributed by atoms with van der Waals surface area (Å²) in [6, 6.07) is 18.1. The van der Waals surface area contributed by atoms with Crippen molar-refractivity contribution < 1.29 is 71.5 Å². The fourth-order valence-electron chi connectivity index (χ4n) is 12.4. The molecule has 2 bridgehead atoms. The summed E-state index contributed by atoms with van der Waals surface area (Å²) in [5.41, 5.74) is -8.64. The number of Topliss-reactive ketones (excluding diaryl/α,β-unsaturated/α-hetero) is 1. The monoisotopic (exact) mass is 1000 g/mol. The third-order valence-electron chi connectivity index (χ3n) is 16.3. The standard InChI is InChI=1S/C54H73NO15Si/c1-15-71(16-2,17-3)70-37-28-38-53(30-63-38,67-33(6)57)43-45(66-46(59)35-26-22-19-23-27-35)54(62)29-36(31(4)39(50(54,10)11)41(64-32(5)56)44(58)52(37,43)14)65-47(60)42-40(34-24-20-18-21-25-34)55(51(12,13)68-42)48(61)69-49(7,8)9/h18-27,36-38,40-43,45,62H,15-17,28-30H2,1-14H3/t36-,37-,38+,40-,41+,42+,43?,45-,52+,53-,54+/m0/s1. The summed E-state index contributed by atoms with van der Waals surface area (Å²) < 4.78 is 51.8. The topological polar surface area (TPSA) is 200 Å². The van der Waals surface area contributed by atoms with Crippen molar-refractivity contribution in [3.8, 4) is 0 Å². The van der Waals surface area contributed by atoms with Gasteiger partial charge in [-0.1, -0.05) is 83.1 Å². The smallest absolute Gasteiger partial charge is 0.413 e. The van der Waals surface area contributed by atoms with Crippen LogP contribution in [0, 0.1) is 16.7 Å². The molecule has 2 aliphatic heterocycles. The van der Waals surface area contributed by atoms with E-state index in [4.69, 9.17) is 37.6 Å². The Balaban J connectivity index is 1.47. The second-order valence-electron chi connectivity index (χ2n) is 22.2. The highest BCUT2D eigenvalue weighted by Crippen LogP contribution is 2.65. The first-order valence-corrected chi connectivity index (χ1v) is 27.5. The largest absolute Gasteiger partial charge is 0.456 e. The molecule has 2 saturated heterocycles. The summed E-state index contributed by atoms with van der Waals surface area (Å²) in [4.78, 5) is 88.8. The Labute approximate surface area is 418 Å². The van der Waals surface area contributed by atoms with Crippen molar-refractivity contribution in [2.24, 2.45) is 16.7 Å². The molecule has 4 fully saturated rings. The zero-order valence-corrected chi connectivity index (χ0v) is 44.7. The van der Waals surface area contributed by atoms with Crippen LogP contribution in [0.3, 0.4) is 0 Å². The lowest BCUT2D eigenvalue weighted by atomic mass is 9.44. The Morgan fingerprint density at radius 1 is 0.845 bits per heavy atom. The molecule has 2 aromatic rings. The van der Waals surface area contributed by atoms with E-state index < -0.39 is 132 Å². The number of benzene rings is 2. The van der Waals surface area contributed by atoms with Gasteiger partial charge >= 0.3 is 30.0 Å². The third kappa shape index (κ3) is 9.16. The van der Waals surface area contributed by atoms with E-state index in [1.54, 1.807) is 123 Å². The summed E-state index contributed by atoms with van der Waals surface area (Å²) in [5.74, 6) is -5.33. The molecule has 0 spiro atoms. The number of nitrogens with zero attached hydrogens (tertiary/aromatic N) is 1. The van der Waals surface area contributed by atoms with E-state index in [1.807, 2.05) is 0 Å². The van der Waals surface area contributed by atoms with E-state index >= 15 is 9.59 Å². The first kappa shape index (κ1) is 53.8. The number of fused-ring (bicyclic) bond motifs is 5. The number of carbonyl (C=O) groups excluding carboxylic acids is 6. The van der Waals surface area contributed by atoms with E-state index in [0.717, 1.165) is 0 Å². The van der Waals surface area contributed by atoms with Gasteiger partial charge in [0.2, 0.25) is 0 Å². The van der Waals surface area contributed by atoms with Crippen molar-refractivity contribution in [2.75, 3.05) is 6.61 Å². The van der Waals surface area contributed by atoms with Gasteiger partial charge in [0.1, 0.15) is 41.3 Å². The average Bonchev–Trinajstić information content (AvgIpc) is 3.59. The number of carbonyl (C=O) groups is 6. The predicted octanol–water partition coefficient (Wildman–Crippen LogP) is 8.35. The van der Waals surface area contributed by atoms with Crippen molar-refractivity contribution >= 4 is 44.1 Å². The van der Waals surface area contributed by atoms with Gasteiger partial charge in [0, 0.05) is 32.1 Å². The number of ketones is 1. The average molecular weight is 1000 g/mol. The van der Waals surface area contributed by atoms with Crippen molar-refractivity contribution in [1.82, 2.24) is 4.90 Å². The zero-order chi connectivity index (χ0) is 52.4. The maximum Gasteiger partial charge on any atom is 0.413 e. The number of hydrogen-bond donors (Lipinski definition) is 1. The second-order valence-corrected chi connectivity index (χ2v) is 26.9. The third-order valence-corrected chi connectivity index (χ3v) is 20.9. The molecule has 2 heterocycles. The highest BCUT2D eigenvalue weighted by Gasteiger charge is 2.79. The van der Waals surface area contributed by atoms with Gasteiger partial charge < -0.3 is 42.7 Å². The predicted molar refractivity (Wildman–Crippen MR) is 261 cm³/mol. The lowest BCUT2D eigenvalue weighted by Gasteiger charge is -2.68. The summed E-state index contributed by atoms with van der Waals surface area (Å²) in [7, 11) is -2.63. The SMILES string of the molecule is CC[Si](CC)(CC)O[C@H]1C[C@H]2OC[C@@]2(OC(C)=O)C2[C@H](OC(=O)c3ccccc3)[C@]3(O)C[C@H](OC(=O)[C@@H]4OC(C)(C)N(C(=O)OC(C)(C)C)[C@H]4c4ccccc4)C(C)=C([C@@H](OC(C)=O)C(=O)[C@@]21C)C3(C)C. The molecule has 0 radical (unpaired) electrons. The summed E-state index contributed by atoms with van der Waals surface area (Å²) in [6.45, 7) is 23.5. The molecule has 16 nitrogen and oxygen atoms in total. The number of aliphatic hydroxyl groups is 1. The number of amides is 1. The summed E-state index contributed by atoms with van der Waals surface area (Å²) in [6.07, 6.45) is -9.21. The van der Waals surface area contributed by atoms with Crippen molar-refractivity contribution in [1.29, 1.82) is 0 Å². The maximum absolute atomic E-state index is 16.4. The molecule has 5 aliphatic rings. The van der Waals surface area contributed by atoms with Crippen LogP contribution in [0.5, 0.6) is 0 Å². The van der Waals surface area contributed by atoms with Gasteiger partial charge in [-0.15, -0.1) is 0 Å². The number of hydrogen-bond acceptors (Lipinski definition) is 15. The van der Waals surface area contributed by atoms with Crippen LogP contribution < -0.4 is 0 Å². The fraction of sp³-hybridized carbons (Fsp3) is 0.630. The summed E-state index contributed by atoms with van der Waals surface area (Å²) in [5, 5.41) is 14.2. The lowest BCUT2D eigenvalue weighted by Crippen LogP contribution is -2.82. The molecule has 2 aromatic carbocycles. The highest BCUT2D eigenvalue weighted by atomic mass is 28.4. The molecule has 7 rings (SSSR count). The fourth-order valence-corrected chi connectivity index (χ4v) is 15.3. The molecule has 3 aliphatic carbocycles. The number of rotatable bonds is 12. The van der Waals surface area contributed by atoms with Crippen LogP contribution in [0.15, 0.2) is 71.8 Å². The minimum atomic E-state index is -2.63. The van der Waals surface area contributed by atoms with Crippen LogP contribution in [0.25, 0.3) is 0 Å². The Kier molecular flexibility index (Phi) is 14.5. The lowest BCUT2D eigenvalue weighted by molar-refractivity contribution is -0.344. The molecule has 71 heavy (non-hydrogen) atoms. The van der Waals surface area contributed by atoms with Crippen LogP contribution in [0.1, 0.15) is 132 Å². The second kappa shape index (κ2) is 19.2. The highest BCUT2D eigenvalue weighted by molar-refractivity contribution is 6.73. The van der Waals surface area contributed by atoms with Gasteiger partial charge in [0.15, 0.2) is 31.9 Å². The van der Waals surface area contributed by atoms with Crippen LogP contribution in [0.4, 0.5) is 4.79 Å². The molecule has 11 atom stereocenters. The maximum atomic E-state index is 16.4. The van der Waals surface area contributed by atoms with Gasteiger partial charge in [-0.3, -0.25) is 19.3 Å². The quantitative estimate of drug-likeness (QED) is 0.0920. The van der Waals surface area contributed by atoms with Crippen molar-refractivity contribution in [3.63, 3.8) is 0 Å². The Bertz CT molecular complexity index is 2420. The van der Waals surface area contributed by atoms with E-state index in [0.29, 0.717) is 29.3 Å². The van der Waals surface area contributed by atoms with Crippen LogP contribution in [-0.2, 0) is 56.8 Å². The molecule has 1 unspecified atom stereocenters. The van der Waals surface area contributed by atoms with Gasteiger partial charge in [-0.2, -0.15) is 0 Å². The molecule has 1 amide bonds.